The van der Waals surface area contributed by atoms with Crippen molar-refractivity contribution in [1.29, 1.82) is 0 Å². The Labute approximate surface area is 98.6 Å². The molecule has 0 aromatic rings. The third-order valence-electron chi connectivity index (χ3n) is 4.95. The van der Waals surface area contributed by atoms with Gasteiger partial charge in [0.25, 0.3) is 0 Å². The first-order chi connectivity index (χ1) is 7.73. The molecule has 2 nitrogen and oxygen atoms in total. The van der Waals surface area contributed by atoms with Crippen LogP contribution in [0.2, 0.25) is 0 Å². The lowest BCUT2D eigenvalue weighted by molar-refractivity contribution is -0.153. The second kappa shape index (κ2) is 3.85. The van der Waals surface area contributed by atoms with E-state index in [1.807, 2.05) is 0 Å². The summed E-state index contributed by atoms with van der Waals surface area (Å²) in [5, 5.41) is 0. The van der Waals surface area contributed by atoms with Gasteiger partial charge in [0.1, 0.15) is 0 Å². The van der Waals surface area contributed by atoms with E-state index in [9.17, 15) is 0 Å². The van der Waals surface area contributed by atoms with Crippen molar-refractivity contribution in [2.24, 2.45) is 5.92 Å². The van der Waals surface area contributed by atoms with Crippen LogP contribution in [0.15, 0.2) is 11.1 Å². The molecule has 4 aliphatic rings. The highest BCUT2D eigenvalue weighted by atomic mass is 16.5. The highest BCUT2D eigenvalue weighted by Gasteiger charge is 2.48. The topological polar surface area (TPSA) is 12.5 Å². The van der Waals surface area contributed by atoms with Gasteiger partial charge in [-0.15, -0.1) is 0 Å². The quantitative estimate of drug-likeness (QED) is 0.631. The minimum Gasteiger partial charge on any atom is -0.369 e. The van der Waals surface area contributed by atoms with Crippen LogP contribution in [-0.2, 0) is 4.74 Å². The van der Waals surface area contributed by atoms with Crippen LogP contribution in [0.4, 0.5) is 0 Å². The third kappa shape index (κ3) is 1.54. The molecule has 1 spiro atoms. The van der Waals surface area contributed by atoms with Gasteiger partial charge in [-0.1, -0.05) is 12.5 Å². The maximum atomic E-state index is 6.31. The van der Waals surface area contributed by atoms with Crippen molar-refractivity contribution in [3.63, 3.8) is 0 Å². The van der Waals surface area contributed by atoms with Gasteiger partial charge in [-0.3, -0.25) is 0 Å². The average Bonchev–Trinajstić information content (AvgIpc) is 2.30. The first-order valence-electron chi connectivity index (χ1n) is 6.77. The molecule has 0 aromatic carbocycles. The van der Waals surface area contributed by atoms with Crippen molar-refractivity contribution in [3.05, 3.63) is 11.1 Å². The van der Waals surface area contributed by atoms with Crippen molar-refractivity contribution in [2.45, 2.75) is 45.1 Å². The lowest BCUT2D eigenvalue weighted by atomic mass is 9.71. The molecule has 4 rings (SSSR count). The Bertz CT molecular complexity index is 315. The normalized spacial score (nSPS) is 43.1. The molecule has 0 saturated carbocycles. The maximum absolute atomic E-state index is 6.31. The maximum Gasteiger partial charge on any atom is 0.0878 e. The van der Waals surface area contributed by atoms with Gasteiger partial charge in [-0.25, -0.2) is 0 Å². The predicted molar refractivity (Wildman–Crippen MR) is 65.5 cm³/mol. The molecule has 0 N–H and O–H groups in total. The Morgan fingerprint density at radius 2 is 2.12 bits per heavy atom. The number of rotatable bonds is 1. The van der Waals surface area contributed by atoms with Gasteiger partial charge in [0.2, 0.25) is 0 Å². The van der Waals surface area contributed by atoms with Gasteiger partial charge in [0.15, 0.2) is 0 Å². The molecule has 3 fully saturated rings. The summed E-state index contributed by atoms with van der Waals surface area (Å²) in [5.41, 5.74) is 3.35. The predicted octanol–water partition coefficient (Wildman–Crippen LogP) is 2.60. The number of piperidine rings is 3. The molecule has 2 bridgehead atoms. The molecule has 3 saturated heterocycles. The second-order valence-electron chi connectivity index (χ2n) is 5.82. The number of nitrogens with zero attached hydrogens (tertiary/aromatic N) is 1. The first kappa shape index (κ1) is 10.8. The smallest absolute Gasteiger partial charge is 0.0878 e. The molecule has 0 aromatic heterocycles. The lowest BCUT2D eigenvalue weighted by Gasteiger charge is -2.54. The van der Waals surface area contributed by atoms with Crippen LogP contribution < -0.4 is 0 Å². The van der Waals surface area contributed by atoms with Gasteiger partial charge >= 0.3 is 0 Å². The van der Waals surface area contributed by atoms with E-state index in [0.29, 0.717) is 0 Å². The molecule has 0 amide bonds. The highest BCUT2D eigenvalue weighted by Crippen LogP contribution is 2.44. The van der Waals surface area contributed by atoms with E-state index in [1.54, 1.807) is 11.1 Å². The Morgan fingerprint density at radius 1 is 1.38 bits per heavy atom. The molecular formula is C14H23NO. The van der Waals surface area contributed by atoms with Crippen LogP contribution in [0, 0.1) is 5.92 Å². The summed E-state index contributed by atoms with van der Waals surface area (Å²) in [6.45, 7) is 9.26. The van der Waals surface area contributed by atoms with Gasteiger partial charge < -0.3 is 9.64 Å². The van der Waals surface area contributed by atoms with Gasteiger partial charge in [0, 0.05) is 6.54 Å². The summed E-state index contributed by atoms with van der Waals surface area (Å²) in [6, 6.07) is 0. The molecule has 1 unspecified atom stereocenters. The SMILES string of the molecule is CCC1=C(C)CC2(CN3CCC2CC3)OC1. The molecule has 1 atom stereocenters. The zero-order valence-corrected chi connectivity index (χ0v) is 10.6. The van der Waals surface area contributed by atoms with E-state index >= 15 is 0 Å². The number of ether oxygens (including phenoxy) is 1. The van der Waals surface area contributed by atoms with E-state index in [-0.39, 0.29) is 5.60 Å². The zero-order chi connectivity index (χ0) is 11.2. The Hall–Kier alpha value is -0.340. The summed E-state index contributed by atoms with van der Waals surface area (Å²) in [5.74, 6) is 0.825. The summed E-state index contributed by atoms with van der Waals surface area (Å²) < 4.78 is 6.31. The molecule has 0 radical (unpaired) electrons. The van der Waals surface area contributed by atoms with E-state index in [1.165, 1.54) is 38.9 Å². The number of hydrogen-bond donors (Lipinski definition) is 0. The summed E-state index contributed by atoms with van der Waals surface area (Å²) >= 11 is 0. The fourth-order valence-corrected chi connectivity index (χ4v) is 3.87. The Morgan fingerprint density at radius 3 is 2.62 bits per heavy atom. The highest BCUT2D eigenvalue weighted by molar-refractivity contribution is 5.21. The fraction of sp³-hybridized carbons (Fsp3) is 0.857. The van der Waals surface area contributed by atoms with E-state index < -0.39 is 0 Å². The third-order valence-corrected chi connectivity index (χ3v) is 4.95. The van der Waals surface area contributed by atoms with Crippen LogP contribution >= 0.6 is 0 Å². The summed E-state index contributed by atoms with van der Waals surface area (Å²) in [6.07, 6.45) is 5.07. The van der Waals surface area contributed by atoms with Crippen LogP contribution in [0.5, 0.6) is 0 Å². The van der Waals surface area contributed by atoms with Gasteiger partial charge in [0.05, 0.1) is 12.2 Å². The van der Waals surface area contributed by atoms with Gasteiger partial charge in [-0.2, -0.15) is 0 Å². The van der Waals surface area contributed by atoms with E-state index in [0.717, 1.165) is 18.9 Å². The molecular weight excluding hydrogens is 198 g/mol. The van der Waals surface area contributed by atoms with Gasteiger partial charge in [-0.05, 0) is 57.2 Å². The van der Waals surface area contributed by atoms with Crippen molar-refractivity contribution in [1.82, 2.24) is 4.90 Å². The second-order valence-corrected chi connectivity index (χ2v) is 5.82. The number of hydrogen-bond acceptors (Lipinski definition) is 2. The standard InChI is InChI=1S/C14H23NO/c1-3-12-9-16-14(8-11(12)2)10-15-6-4-13(14)5-7-15/h13H,3-10H2,1-2H3. The van der Waals surface area contributed by atoms with Crippen molar-refractivity contribution < 1.29 is 4.74 Å². The Kier molecular flexibility index (Phi) is 2.60. The minimum absolute atomic E-state index is 0.194. The summed E-state index contributed by atoms with van der Waals surface area (Å²) in [7, 11) is 0. The molecule has 90 valence electrons. The van der Waals surface area contributed by atoms with E-state index in [4.69, 9.17) is 4.74 Å². The van der Waals surface area contributed by atoms with Crippen LogP contribution in [-0.4, -0.2) is 36.7 Å². The molecule has 16 heavy (non-hydrogen) atoms. The van der Waals surface area contributed by atoms with Crippen molar-refractivity contribution in [2.75, 3.05) is 26.2 Å². The van der Waals surface area contributed by atoms with E-state index in [2.05, 4.69) is 18.7 Å². The monoisotopic (exact) mass is 221 g/mol. The van der Waals surface area contributed by atoms with Crippen molar-refractivity contribution >= 4 is 0 Å². The molecule has 4 aliphatic heterocycles. The lowest BCUT2D eigenvalue weighted by Crippen LogP contribution is -2.61. The van der Waals surface area contributed by atoms with Crippen LogP contribution in [0.25, 0.3) is 0 Å². The number of fused-ring (bicyclic) bond motifs is 2. The zero-order valence-electron chi connectivity index (χ0n) is 10.6. The van der Waals surface area contributed by atoms with Crippen LogP contribution in [0.3, 0.4) is 0 Å². The van der Waals surface area contributed by atoms with Crippen molar-refractivity contribution in [3.8, 4) is 0 Å². The fourth-order valence-electron chi connectivity index (χ4n) is 3.87. The average molecular weight is 221 g/mol. The molecule has 4 heterocycles. The Balaban J connectivity index is 1.84. The minimum atomic E-state index is 0.194. The molecule has 0 aliphatic carbocycles. The van der Waals surface area contributed by atoms with Crippen LogP contribution in [0.1, 0.15) is 39.5 Å². The summed E-state index contributed by atoms with van der Waals surface area (Å²) in [4.78, 5) is 2.60. The largest absolute Gasteiger partial charge is 0.369 e. The molecule has 2 heteroatoms. The first-order valence-corrected chi connectivity index (χ1v) is 6.77.